The van der Waals surface area contributed by atoms with Crippen LogP contribution in [0.5, 0.6) is 0 Å². The van der Waals surface area contributed by atoms with Gasteiger partial charge < -0.3 is 10.1 Å². The number of hydrogen-bond acceptors (Lipinski definition) is 4. The number of nitrogens with zero attached hydrogens (tertiary/aromatic N) is 4. The lowest BCUT2D eigenvalue weighted by Gasteiger charge is -2.07. The molecule has 2 rings (SSSR count). The molecule has 0 bridgehead atoms. The predicted octanol–water partition coefficient (Wildman–Crippen LogP) is 2.48. The van der Waals surface area contributed by atoms with E-state index in [4.69, 9.17) is 0 Å². The third-order valence-electron chi connectivity index (χ3n) is 2.74. The quantitative estimate of drug-likeness (QED) is 0.843. The van der Waals surface area contributed by atoms with Crippen molar-refractivity contribution in [1.82, 2.24) is 19.6 Å². The molecule has 0 radical (unpaired) electrons. The van der Waals surface area contributed by atoms with E-state index in [0.29, 0.717) is 21.5 Å². The molecule has 2 heterocycles. The minimum atomic E-state index is -4.39. The van der Waals surface area contributed by atoms with E-state index in [2.05, 4.69) is 36.2 Å². The number of ether oxygens (including phenoxy) is 1. The maximum atomic E-state index is 12.2. The highest BCUT2D eigenvalue weighted by Gasteiger charge is 2.27. The van der Waals surface area contributed by atoms with Crippen LogP contribution in [0.4, 0.5) is 18.9 Å². The van der Waals surface area contributed by atoms with E-state index in [1.54, 1.807) is 14.0 Å². The molecule has 2 aromatic heterocycles. The Kier molecular flexibility index (Phi) is 5.09. The van der Waals surface area contributed by atoms with Crippen molar-refractivity contribution in [1.29, 1.82) is 0 Å². The molecule has 0 saturated heterocycles. The molecular weight excluding hydrogens is 383 g/mol. The van der Waals surface area contributed by atoms with Crippen LogP contribution in [-0.4, -0.2) is 38.3 Å². The van der Waals surface area contributed by atoms with Gasteiger partial charge in [0.25, 0.3) is 5.91 Å². The number of carbonyl (C=O) groups excluding carboxylic acids is 1. The maximum absolute atomic E-state index is 12.2. The van der Waals surface area contributed by atoms with Crippen LogP contribution in [0.15, 0.2) is 16.9 Å². The summed E-state index contributed by atoms with van der Waals surface area (Å²) in [4.78, 5) is 12.2. The van der Waals surface area contributed by atoms with E-state index in [9.17, 15) is 18.0 Å². The lowest BCUT2D eigenvalue weighted by molar-refractivity contribution is -0.182. The fourth-order valence-electron chi connectivity index (χ4n) is 1.82. The molecule has 0 unspecified atom stereocenters. The van der Waals surface area contributed by atoms with Crippen LogP contribution < -0.4 is 5.32 Å². The summed E-state index contributed by atoms with van der Waals surface area (Å²) in [5.74, 6) is -0.421. The lowest BCUT2D eigenvalue weighted by Crippen LogP contribution is -2.18. The first-order valence-electron chi connectivity index (χ1n) is 6.35. The van der Waals surface area contributed by atoms with Crippen LogP contribution in [-0.2, 0) is 18.5 Å². The largest absolute Gasteiger partial charge is 0.411 e. The number of aromatic nitrogens is 4. The molecule has 7 nitrogen and oxygen atoms in total. The van der Waals surface area contributed by atoms with Crippen LogP contribution in [0.3, 0.4) is 0 Å². The number of aryl methyl sites for hydroxylation is 2. The first kappa shape index (κ1) is 17.5. The molecule has 0 aliphatic carbocycles. The van der Waals surface area contributed by atoms with Gasteiger partial charge in [-0.15, -0.1) is 0 Å². The maximum Gasteiger partial charge on any atom is 0.411 e. The number of rotatable bonds is 5. The summed E-state index contributed by atoms with van der Waals surface area (Å²) in [6, 6.07) is 0. The van der Waals surface area contributed by atoms with Crippen LogP contribution >= 0.6 is 15.9 Å². The van der Waals surface area contributed by atoms with Gasteiger partial charge in [-0.05, 0) is 22.9 Å². The van der Waals surface area contributed by atoms with E-state index < -0.39 is 18.7 Å². The Labute approximate surface area is 137 Å². The van der Waals surface area contributed by atoms with Gasteiger partial charge in [0.2, 0.25) is 0 Å². The van der Waals surface area contributed by atoms with Crippen molar-refractivity contribution in [3.8, 4) is 0 Å². The minimum Gasteiger partial charge on any atom is -0.350 e. The van der Waals surface area contributed by atoms with Gasteiger partial charge in [-0.1, -0.05) is 0 Å². The van der Waals surface area contributed by atoms with E-state index >= 15 is 0 Å². The van der Waals surface area contributed by atoms with Crippen molar-refractivity contribution in [2.24, 2.45) is 7.05 Å². The normalized spacial score (nSPS) is 11.7. The van der Waals surface area contributed by atoms with Crippen molar-refractivity contribution in [2.75, 3.05) is 11.9 Å². The molecule has 23 heavy (non-hydrogen) atoms. The highest BCUT2D eigenvalue weighted by atomic mass is 79.9. The first-order chi connectivity index (χ1) is 10.7. The molecular formula is C12H13BrF3N5O2. The summed E-state index contributed by atoms with van der Waals surface area (Å²) in [5, 5.41) is 10.5. The summed E-state index contributed by atoms with van der Waals surface area (Å²) in [6.45, 7) is 0.0105. The molecule has 0 aliphatic rings. The van der Waals surface area contributed by atoms with Gasteiger partial charge >= 0.3 is 6.18 Å². The fraction of sp³-hybridized carbons (Fsp3) is 0.417. The summed E-state index contributed by atoms with van der Waals surface area (Å²) in [6.07, 6.45) is -1.72. The zero-order valence-corrected chi connectivity index (χ0v) is 13.8. The highest BCUT2D eigenvalue weighted by molar-refractivity contribution is 9.10. The topological polar surface area (TPSA) is 74.0 Å². The summed E-state index contributed by atoms with van der Waals surface area (Å²) < 4.78 is 43.5. The Morgan fingerprint density at radius 2 is 2.17 bits per heavy atom. The van der Waals surface area contributed by atoms with E-state index in [-0.39, 0.29) is 6.73 Å². The molecule has 0 atom stereocenters. The number of hydrogen-bond donors (Lipinski definition) is 1. The second kappa shape index (κ2) is 6.71. The van der Waals surface area contributed by atoms with Crippen molar-refractivity contribution in [3.05, 3.63) is 28.3 Å². The second-order valence-corrected chi connectivity index (χ2v) is 5.48. The average molecular weight is 396 g/mol. The van der Waals surface area contributed by atoms with Crippen LogP contribution in [0.25, 0.3) is 0 Å². The molecule has 11 heteroatoms. The van der Waals surface area contributed by atoms with Crippen molar-refractivity contribution in [3.63, 3.8) is 0 Å². The molecule has 2 aromatic rings. The smallest absolute Gasteiger partial charge is 0.350 e. The SMILES string of the molecule is Cc1nn(C)c(C(=O)Nc2cnn(COCC(F)(F)F)c2)c1Br. The zero-order valence-electron chi connectivity index (χ0n) is 12.2. The summed E-state index contributed by atoms with van der Waals surface area (Å²) in [7, 11) is 1.63. The van der Waals surface area contributed by atoms with E-state index in [1.807, 2.05) is 0 Å². The third-order valence-corrected chi connectivity index (χ3v) is 3.69. The van der Waals surface area contributed by atoms with Crippen LogP contribution in [0, 0.1) is 6.92 Å². The standard InChI is InChI=1S/C12H13BrF3N5O2/c1-7-9(13)10(20(2)19-7)11(22)18-8-3-17-21(4-8)6-23-5-12(14,15)16/h3-4H,5-6H2,1-2H3,(H,18,22). The van der Waals surface area contributed by atoms with E-state index in [0.717, 1.165) is 4.68 Å². The van der Waals surface area contributed by atoms with Crippen LogP contribution in [0.1, 0.15) is 16.2 Å². The Bertz CT molecular complexity index is 710. The fourth-order valence-corrected chi connectivity index (χ4v) is 2.34. The molecule has 1 amide bonds. The molecule has 0 fully saturated rings. The monoisotopic (exact) mass is 395 g/mol. The van der Waals surface area contributed by atoms with Gasteiger partial charge in [0, 0.05) is 7.05 Å². The zero-order chi connectivity index (χ0) is 17.2. The third kappa shape index (κ3) is 4.55. The number of alkyl halides is 3. The molecule has 126 valence electrons. The molecule has 0 aromatic carbocycles. The molecule has 0 aliphatic heterocycles. The summed E-state index contributed by atoms with van der Waals surface area (Å²) >= 11 is 3.28. The predicted molar refractivity (Wildman–Crippen MR) is 77.8 cm³/mol. The molecule has 1 N–H and O–H groups in total. The average Bonchev–Trinajstić information content (AvgIpc) is 2.94. The van der Waals surface area contributed by atoms with Crippen LogP contribution in [0.2, 0.25) is 0 Å². The van der Waals surface area contributed by atoms with Crippen molar-refractivity contribution in [2.45, 2.75) is 19.8 Å². The minimum absolute atomic E-state index is 0.323. The number of halogens is 4. The van der Waals surface area contributed by atoms with E-state index in [1.165, 1.54) is 17.1 Å². The molecule has 0 spiro atoms. The van der Waals surface area contributed by atoms with Crippen molar-refractivity contribution < 1.29 is 22.7 Å². The molecule has 0 saturated carbocycles. The number of carbonyl (C=O) groups is 1. The Morgan fingerprint density at radius 3 is 2.74 bits per heavy atom. The second-order valence-electron chi connectivity index (χ2n) is 4.69. The Hall–Kier alpha value is -1.88. The number of amides is 1. The Balaban J connectivity index is 1.97. The Morgan fingerprint density at radius 1 is 1.48 bits per heavy atom. The first-order valence-corrected chi connectivity index (χ1v) is 7.14. The van der Waals surface area contributed by atoms with Gasteiger partial charge in [-0.25, -0.2) is 4.68 Å². The van der Waals surface area contributed by atoms with Gasteiger partial charge in [-0.2, -0.15) is 23.4 Å². The van der Waals surface area contributed by atoms with Gasteiger partial charge in [0.05, 0.1) is 28.2 Å². The number of anilines is 1. The van der Waals surface area contributed by atoms with Gasteiger partial charge in [0.1, 0.15) is 19.0 Å². The summed E-state index contributed by atoms with van der Waals surface area (Å²) in [5.41, 5.74) is 1.31. The van der Waals surface area contributed by atoms with Gasteiger partial charge in [0.15, 0.2) is 0 Å². The highest BCUT2D eigenvalue weighted by Crippen LogP contribution is 2.21. The van der Waals surface area contributed by atoms with Gasteiger partial charge in [-0.3, -0.25) is 9.48 Å². The lowest BCUT2D eigenvalue weighted by atomic mass is 10.3. The van der Waals surface area contributed by atoms with Crippen molar-refractivity contribution >= 4 is 27.5 Å². The number of nitrogens with one attached hydrogen (secondary N) is 1.